The molecule has 0 heterocycles. The van der Waals surface area contributed by atoms with E-state index in [9.17, 15) is 0 Å². The molecule has 0 aromatic heterocycles. The predicted octanol–water partition coefficient (Wildman–Crippen LogP) is 3.19. The molecule has 0 aliphatic heterocycles. The lowest BCUT2D eigenvalue weighted by Gasteiger charge is -2.37. The molecule has 0 fully saturated rings. The van der Waals surface area contributed by atoms with E-state index in [0.717, 1.165) is 12.1 Å². The zero-order valence-electron chi connectivity index (χ0n) is 11.1. The van der Waals surface area contributed by atoms with Gasteiger partial charge >= 0.3 is 0 Å². The molecule has 0 atom stereocenters. The van der Waals surface area contributed by atoms with Crippen LogP contribution >= 0.6 is 0 Å². The molecule has 0 aromatic rings. The highest BCUT2D eigenvalue weighted by Crippen LogP contribution is 2.19. The van der Waals surface area contributed by atoms with Gasteiger partial charge in [0.05, 0.1) is 13.7 Å². The maximum atomic E-state index is 7.59. The van der Waals surface area contributed by atoms with Gasteiger partial charge in [-0.15, -0.1) is 0 Å². The lowest BCUT2D eigenvalue weighted by molar-refractivity contribution is 0.204. The molecule has 0 aliphatic carbocycles. The second kappa shape index (κ2) is 6.36. The Morgan fingerprint density at radius 3 is 2.38 bits per heavy atom. The van der Waals surface area contributed by atoms with Gasteiger partial charge in [-0.05, 0) is 33.3 Å². The lowest BCUT2D eigenvalue weighted by atomic mass is 10.0. The highest BCUT2D eigenvalue weighted by atomic mass is 16.5. The average molecular weight is 224 g/mol. The molecule has 3 heteroatoms. The average Bonchev–Trinajstić information content (AvgIpc) is 2.20. The van der Waals surface area contributed by atoms with Crippen molar-refractivity contribution < 1.29 is 4.74 Å². The predicted molar refractivity (Wildman–Crippen MR) is 69.8 cm³/mol. The van der Waals surface area contributed by atoms with Crippen molar-refractivity contribution >= 4 is 5.90 Å². The van der Waals surface area contributed by atoms with Crippen LogP contribution in [-0.4, -0.2) is 30.0 Å². The third kappa shape index (κ3) is 5.01. The van der Waals surface area contributed by atoms with E-state index in [1.54, 1.807) is 0 Å². The van der Waals surface area contributed by atoms with Crippen molar-refractivity contribution in [1.82, 2.24) is 4.90 Å². The van der Waals surface area contributed by atoms with Crippen LogP contribution in [0.2, 0.25) is 0 Å². The summed E-state index contributed by atoms with van der Waals surface area (Å²) in [6.07, 6.45) is 5.05. The molecule has 0 amide bonds. The van der Waals surface area contributed by atoms with E-state index in [-0.39, 0.29) is 11.4 Å². The standard InChI is InChI=1S/C13H24N2O/c1-7-8-9-11(2)15(13(3,4)5)10-12(14)16-6/h8-9,14H,2,7,10H2,1,3-6H3/b9-8-,14-12?. The minimum absolute atomic E-state index is 0.0694. The lowest BCUT2D eigenvalue weighted by Crippen LogP contribution is -2.43. The Morgan fingerprint density at radius 1 is 1.44 bits per heavy atom. The summed E-state index contributed by atoms with van der Waals surface area (Å²) in [4.78, 5) is 2.06. The van der Waals surface area contributed by atoms with Gasteiger partial charge in [-0.2, -0.15) is 0 Å². The molecule has 0 rings (SSSR count). The van der Waals surface area contributed by atoms with Gasteiger partial charge in [0, 0.05) is 11.2 Å². The van der Waals surface area contributed by atoms with Gasteiger partial charge in [-0.25, -0.2) is 0 Å². The van der Waals surface area contributed by atoms with Crippen molar-refractivity contribution in [1.29, 1.82) is 5.41 Å². The van der Waals surface area contributed by atoms with Crippen LogP contribution in [0, 0.1) is 5.41 Å². The van der Waals surface area contributed by atoms with Gasteiger partial charge in [-0.3, -0.25) is 5.41 Å². The summed E-state index contributed by atoms with van der Waals surface area (Å²) >= 11 is 0. The van der Waals surface area contributed by atoms with E-state index in [0.29, 0.717) is 6.54 Å². The van der Waals surface area contributed by atoms with Crippen LogP contribution in [0.1, 0.15) is 34.1 Å². The number of nitrogens with one attached hydrogen (secondary N) is 1. The molecule has 0 saturated carbocycles. The van der Waals surface area contributed by atoms with Crippen LogP contribution in [0.4, 0.5) is 0 Å². The van der Waals surface area contributed by atoms with Gasteiger partial charge in [-0.1, -0.05) is 19.6 Å². The molecule has 3 nitrogen and oxygen atoms in total. The summed E-state index contributed by atoms with van der Waals surface area (Å²) in [5, 5.41) is 7.59. The summed E-state index contributed by atoms with van der Waals surface area (Å²) in [7, 11) is 1.52. The Kier molecular flexibility index (Phi) is 5.86. The van der Waals surface area contributed by atoms with Crippen molar-refractivity contribution in [2.24, 2.45) is 0 Å². The van der Waals surface area contributed by atoms with Gasteiger partial charge in [0.1, 0.15) is 0 Å². The Morgan fingerprint density at radius 2 is 2.00 bits per heavy atom. The number of hydrogen-bond donors (Lipinski definition) is 1. The largest absolute Gasteiger partial charge is 0.483 e. The summed E-state index contributed by atoms with van der Waals surface area (Å²) in [5.41, 5.74) is 0.844. The second-order valence-electron chi connectivity index (χ2n) is 4.69. The van der Waals surface area contributed by atoms with Crippen molar-refractivity contribution in [2.75, 3.05) is 13.7 Å². The smallest absolute Gasteiger partial charge is 0.200 e. The first-order valence-corrected chi connectivity index (χ1v) is 5.57. The Bertz CT molecular complexity index is 274. The van der Waals surface area contributed by atoms with E-state index < -0.39 is 0 Å². The highest BCUT2D eigenvalue weighted by molar-refractivity contribution is 5.75. The summed E-state index contributed by atoms with van der Waals surface area (Å²) < 4.78 is 4.91. The van der Waals surface area contributed by atoms with Crippen molar-refractivity contribution in [3.05, 3.63) is 24.4 Å². The first-order chi connectivity index (χ1) is 7.32. The number of hydrogen-bond acceptors (Lipinski definition) is 3. The van der Waals surface area contributed by atoms with Crippen LogP contribution in [0.25, 0.3) is 0 Å². The first kappa shape index (κ1) is 14.8. The van der Waals surface area contributed by atoms with Gasteiger partial charge in [0.15, 0.2) is 5.90 Å². The summed E-state index contributed by atoms with van der Waals surface area (Å²) in [6, 6.07) is 0. The zero-order chi connectivity index (χ0) is 12.8. The fraction of sp³-hybridized carbons (Fsp3) is 0.615. The van der Waals surface area contributed by atoms with Crippen molar-refractivity contribution in [3.63, 3.8) is 0 Å². The third-order valence-corrected chi connectivity index (χ3v) is 2.25. The topological polar surface area (TPSA) is 36.3 Å². The molecule has 0 spiro atoms. The van der Waals surface area contributed by atoms with Crippen LogP contribution in [0.3, 0.4) is 0 Å². The number of ether oxygens (including phenoxy) is 1. The fourth-order valence-corrected chi connectivity index (χ4v) is 1.32. The van der Waals surface area contributed by atoms with Crippen LogP contribution in [0.15, 0.2) is 24.4 Å². The third-order valence-electron chi connectivity index (χ3n) is 2.25. The number of allylic oxidation sites excluding steroid dienone is 2. The molecular weight excluding hydrogens is 200 g/mol. The molecule has 0 unspecified atom stereocenters. The monoisotopic (exact) mass is 224 g/mol. The second-order valence-corrected chi connectivity index (χ2v) is 4.69. The summed E-state index contributed by atoms with van der Waals surface area (Å²) in [5.74, 6) is 0.251. The fourth-order valence-electron chi connectivity index (χ4n) is 1.32. The van der Waals surface area contributed by atoms with E-state index in [1.165, 1.54) is 7.11 Å². The van der Waals surface area contributed by atoms with Crippen molar-refractivity contribution in [3.8, 4) is 0 Å². The van der Waals surface area contributed by atoms with Crippen molar-refractivity contribution in [2.45, 2.75) is 39.7 Å². The van der Waals surface area contributed by atoms with Gasteiger partial charge < -0.3 is 9.64 Å². The maximum Gasteiger partial charge on any atom is 0.200 e. The van der Waals surface area contributed by atoms with E-state index >= 15 is 0 Å². The maximum absolute atomic E-state index is 7.59. The quantitative estimate of drug-likeness (QED) is 0.442. The minimum atomic E-state index is -0.0694. The molecule has 92 valence electrons. The zero-order valence-corrected chi connectivity index (χ0v) is 11.1. The molecular formula is C13H24N2O. The Labute approximate surface area is 99.3 Å². The number of nitrogens with zero attached hydrogens (tertiary/aromatic N) is 1. The number of methoxy groups -OCH3 is 1. The molecule has 0 bridgehead atoms. The van der Waals surface area contributed by atoms with Gasteiger partial charge in [0.2, 0.25) is 0 Å². The summed E-state index contributed by atoms with van der Waals surface area (Å²) in [6.45, 7) is 12.9. The van der Waals surface area contributed by atoms with E-state index in [1.807, 2.05) is 6.08 Å². The van der Waals surface area contributed by atoms with E-state index in [2.05, 4.69) is 45.2 Å². The molecule has 0 radical (unpaired) electrons. The first-order valence-electron chi connectivity index (χ1n) is 5.57. The molecule has 0 aromatic carbocycles. The molecule has 0 aliphatic rings. The number of rotatable bonds is 5. The van der Waals surface area contributed by atoms with Crippen LogP contribution in [0.5, 0.6) is 0 Å². The Hall–Kier alpha value is -1.25. The van der Waals surface area contributed by atoms with Crippen LogP contribution < -0.4 is 0 Å². The van der Waals surface area contributed by atoms with E-state index in [4.69, 9.17) is 10.1 Å². The minimum Gasteiger partial charge on any atom is -0.483 e. The molecule has 16 heavy (non-hydrogen) atoms. The Balaban J connectivity index is 4.75. The molecule has 0 saturated heterocycles. The van der Waals surface area contributed by atoms with Gasteiger partial charge in [0.25, 0.3) is 0 Å². The van der Waals surface area contributed by atoms with Crippen LogP contribution in [-0.2, 0) is 4.74 Å². The highest BCUT2D eigenvalue weighted by Gasteiger charge is 2.22. The normalized spacial score (nSPS) is 11.6. The molecule has 1 N–H and O–H groups in total. The SMILES string of the molecule is C=C(/C=C\CC)N(CC(=N)OC)C(C)(C)C.